The lowest BCUT2D eigenvalue weighted by molar-refractivity contribution is -0.0870. The van der Waals surface area contributed by atoms with Gasteiger partial charge in [-0.2, -0.15) is 0 Å². The minimum atomic E-state index is -0.0233. The summed E-state index contributed by atoms with van der Waals surface area (Å²) in [6, 6.07) is 0.254. The number of methoxy groups -OCH3 is 1. The fraction of sp³-hybridized carbons (Fsp3) is 1.00. The highest BCUT2D eigenvalue weighted by Crippen LogP contribution is 2.16. The first-order chi connectivity index (χ1) is 7.53. The van der Waals surface area contributed by atoms with Gasteiger partial charge in [-0.15, -0.1) is 0 Å². The van der Waals surface area contributed by atoms with Gasteiger partial charge < -0.3 is 15.2 Å². The van der Waals surface area contributed by atoms with Crippen LogP contribution in [0.2, 0.25) is 0 Å². The van der Waals surface area contributed by atoms with Crippen molar-refractivity contribution in [3.05, 3.63) is 0 Å². The zero-order chi connectivity index (χ0) is 12.0. The van der Waals surface area contributed by atoms with E-state index in [1.807, 2.05) is 0 Å². The number of rotatable bonds is 6. The second-order valence-electron chi connectivity index (χ2n) is 5.24. The fourth-order valence-electron chi connectivity index (χ4n) is 2.18. The Morgan fingerprint density at radius 3 is 2.88 bits per heavy atom. The molecule has 1 saturated heterocycles. The minimum Gasteiger partial charge on any atom is -0.385 e. The van der Waals surface area contributed by atoms with Crippen LogP contribution in [0.15, 0.2) is 0 Å². The molecule has 0 aromatic heterocycles. The predicted molar refractivity (Wildman–Crippen MR) is 65.6 cm³/mol. The van der Waals surface area contributed by atoms with E-state index in [4.69, 9.17) is 15.2 Å². The van der Waals surface area contributed by atoms with Crippen LogP contribution in [-0.2, 0) is 9.47 Å². The van der Waals surface area contributed by atoms with E-state index < -0.39 is 0 Å². The molecule has 0 saturated carbocycles. The summed E-state index contributed by atoms with van der Waals surface area (Å²) < 4.78 is 10.7. The average molecular weight is 230 g/mol. The van der Waals surface area contributed by atoms with Gasteiger partial charge in [-0.1, -0.05) is 0 Å². The number of hydrogen-bond acceptors (Lipinski definition) is 4. The third-order valence-corrected chi connectivity index (χ3v) is 2.92. The molecule has 96 valence electrons. The van der Waals surface area contributed by atoms with Gasteiger partial charge in [-0.25, -0.2) is 0 Å². The normalized spacial score (nSPS) is 23.2. The first-order valence-corrected chi connectivity index (χ1v) is 6.14. The second-order valence-corrected chi connectivity index (χ2v) is 5.24. The maximum absolute atomic E-state index is 6.10. The fourth-order valence-corrected chi connectivity index (χ4v) is 2.18. The van der Waals surface area contributed by atoms with Crippen LogP contribution in [0.4, 0.5) is 0 Å². The Morgan fingerprint density at radius 2 is 2.25 bits per heavy atom. The monoisotopic (exact) mass is 230 g/mol. The summed E-state index contributed by atoms with van der Waals surface area (Å²) >= 11 is 0. The molecule has 1 heterocycles. The highest BCUT2D eigenvalue weighted by molar-refractivity contribution is 4.81. The van der Waals surface area contributed by atoms with Crippen LogP contribution < -0.4 is 5.73 Å². The quantitative estimate of drug-likeness (QED) is 0.687. The minimum absolute atomic E-state index is 0.0233. The summed E-state index contributed by atoms with van der Waals surface area (Å²) in [4.78, 5) is 2.40. The first-order valence-electron chi connectivity index (χ1n) is 6.14. The van der Waals surface area contributed by atoms with Crippen molar-refractivity contribution in [2.24, 2.45) is 5.73 Å². The number of morpholine rings is 1. The van der Waals surface area contributed by atoms with Crippen molar-refractivity contribution >= 4 is 0 Å². The molecule has 16 heavy (non-hydrogen) atoms. The van der Waals surface area contributed by atoms with Crippen molar-refractivity contribution in [2.75, 3.05) is 40.0 Å². The van der Waals surface area contributed by atoms with Crippen molar-refractivity contribution < 1.29 is 9.47 Å². The Balaban J connectivity index is 2.20. The van der Waals surface area contributed by atoms with Crippen LogP contribution in [0.1, 0.15) is 26.7 Å². The van der Waals surface area contributed by atoms with E-state index in [-0.39, 0.29) is 11.6 Å². The van der Waals surface area contributed by atoms with E-state index in [2.05, 4.69) is 18.7 Å². The number of ether oxygens (including phenoxy) is 2. The van der Waals surface area contributed by atoms with Gasteiger partial charge >= 0.3 is 0 Å². The second kappa shape index (κ2) is 6.55. The molecule has 4 heteroatoms. The molecule has 0 aliphatic carbocycles. The van der Waals surface area contributed by atoms with Gasteiger partial charge in [0, 0.05) is 39.4 Å². The van der Waals surface area contributed by atoms with Crippen molar-refractivity contribution in [1.82, 2.24) is 4.90 Å². The molecule has 0 aromatic carbocycles. The van der Waals surface area contributed by atoms with Crippen LogP contribution in [0.3, 0.4) is 0 Å². The smallest absolute Gasteiger partial charge is 0.0753 e. The number of nitrogens with zero attached hydrogens (tertiary/aromatic N) is 1. The van der Waals surface area contributed by atoms with E-state index in [9.17, 15) is 0 Å². The van der Waals surface area contributed by atoms with Crippen LogP contribution in [0, 0.1) is 0 Å². The molecule has 1 aliphatic rings. The van der Waals surface area contributed by atoms with E-state index in [0.717, 1.165) is 45.7 Å². The molecule has 2 N–H and O–H groups in total. The highest BCUT2D eigenvalue weighted by atomic mass is 16.5. The SMILES string of the molecule is COCCCC(N)CN1CCOC(C)(C)C1. The Hall–Kier alpha value is -0.160. The Bertz CT molecular complexity index is 197. The van der Waals surface area contributed by atoms with E-state index in [0.29, 0.717) is 0 Å². The molecule has 1 fully saturated rings. The summed E-state index contributed by atoms with van der Waals surface area (Å²) in [5.41, 5.74) is 6.07. The maximum Gasteiger partial charge on any atom is 0.0753 e. The molecule has 0 radical (unpaired) electrons. The summed E-state index contributed by atoms with van der Waals surface area (Å²) in [6.45, 7) is 8.84. The van der Waals surface area contributed by atoms with Gasteiger partial charge in [-0.05, 0) is 26.7 Å². The van der Waals surface area contributed by atoms with E-state index in [1.54, 1.807) is 7.11 Å². The van der Waals surface area contributed by atoms with E-state index in [1.165, 1.54) is 0 Å². The molecule has 0 bridgehead atoms. The topological polar surface area (TPSA) is 47.7 Å². The standard InChI is InChI=1S/C12H26N2O2/c1-12(2)10-14(6-8-16-12)9-11(13)5-4-7-15-3/h11H,4-10,13H2,1-3H3. The third-order valence-electron chi connectivity index (χ3n) is 2.92. The van der Waals surface area contributed by atoms with Gasteiger partial charge in [0.2, 0.25) is 0 Å². The number of nitrogens with two attached hydrogens (primary N) is 1. The highest BCUT2D eigenvalue weighted by Gasteiger charge is 2.27. The lowest BCUT2D eigenvalue weighted by atomic mass is 10.1. The average Bonchev–Trinajstić information content (AvgIpc) is 2.16. The molecule has 1 atom stereocenters. The third kappa shape index (κ3) is 5.25. The Labute approximate surface area is 99.1 Å². The molecular weight excluding hydrogens is 204 g/mol. The Morgan fingerprint density at radius 1 is 1.50 bits per heavy atom. The molecule has 1 unspecified atom stereocenters. The molecular formula is C12H26N2O2. The number of hydrogen-bond donors (Lipinski definition) is 1. The van der Waals surface area contributed by atoms with Gasteiger partial charge in [0.25, 0.3) is 0 Å². The largest absolute Gasteiger partial charge is 0.385 e. The van der Waals surface area contributed by atoms with Gasteiger partial charge in [0.1, 0.15) is 0 Å². The van der Waals surface area contributed by atoms with Crippen LogP contribution in [-0.4, -0.2) is 56.5 Å². The molecule has 0 amide bonds. The van der Waals surface area contributed by atoms with E-state index >= 15 is 0 Å². The van der Waals surface area contributed by atoms with Crippen LogP contribution >= 0.6 is 0 Å². The van der Waals surface area contributed by atoms with Gasteiger partial charge in [0.05, 0.1) is 12.2 Å². The van der Waals surface area contributed by atoms with Crippen molar-refractivity contribution in [1.29, 1.82) is 0 Å². The summed E-state index contributed by atoms with van der Waals surface area (Å²) in [5, 5.41) is 0. The molecule has 0 spiro atoms. The molecule has 4 nitrogen and oxygen atoms in total. The summed E-state index contributed by atoms with van der Waals surface area (Å²) in [7, 11) is 1.73. The molecule has 1 aliphatic heterocycles. The van der Waals surface area contributed by atoms with Crippen molar-refractivity contribution in [3.8, 4) is 0 Å². The van der Waals surface area contributed by atoms with Crippen molar-refractivity contribution in [3.63, 3.8) is 0 Å². The van der Waals surface area contributed by atoms with Gasteiger partial charge in [0.15, 0.2) is 0 Å². The predicted octanol–water partition coefficient (Wildman–Crippen LogP) is 0.851. The maximum atomic E-state index is 6.10. The summed E-state index contributed by atoms with van der Waals surface area (Å²) in [5.74, 6) is 0. The van der Waals surface area contributed by atoms with Crippen molar-refractivity contribution in [2.45, 2.75) is 38.3 Å². The van der Waals surface area contributed by atoms with Crippen LogP contribution in [0.25, 0.3) is 0 Å². The van der Waals surface area contributed by atoms with Gasteiger partial charge in [-0.3, -0.25) is 4.90 Å². The first kappa shape index (κ1) is 13.9. The zero-order valence-corrected chi connectivity index (χ0v) is 10.9. The zero-order valence-electron chi connectivity index (χ0n) is 10.9. The van der Waals surface area contributed by atoms with Crippen LogP contribution in [0.5, 0.6) is 0 Å². The molecule has 1 rings (SSSR count). The lowest BCUT2D eigenvalue weighted by Crippen LogP contribution is -2.51. The summed E-state index contributed by atoms with van der Waals surface area (Å²) in [6.07, 6.45) is 2.08. The lowest BCUT2D eigenvalue weighted by Gasteiger charge is -2.39. The molecule has 0 aromatic rings. The Kier molecular flexibility index (Phi) is 5.69.